The minimum Gasteiger partial charge on any atom is -0.201 e. The molecule has 1 aromatic carbocycles. The molecule has 0 aliphatic carbocycles. The Balaban J connectivity index is 2.22. The first-order chi connectivity index (χ1) is 11.1. The second-order valence-corrected chi connectivity index (χ2v) is 6.07. The van der Waals surface area contributed by atoms with Crippen LogP contribution in [0.5, 0.6) is 0 Å². The highest BCUT2D eigenvalue weighted by Gasteiger charge is 2.18. The number of pyridine rings is 2. The van der Waals surface area contributed by atoms with Crippen molar-refractivity contribution < 1.29 is 9.13 Å². The maximum Gasteiger partial charge on any atom is 0.212 e. The zero-order valence-corrected chi connectivity index (χ0v) is 14.4. The summed E-state index contributed by atoms with van der Waals surface area (Å²) < 4.78 is 4.38. The molecule has 0 radical (unpaired) electrons. The summed E-state index contributed by atoms with van der Waals surface area (Å²) >= 11 is 0. The molecule has 3 rings (SSSR count). The largest absolute Gasteiger partial charge is 0.212 e. The van der Waals surface area contributed by atoms with Crippen LogP contribution in [-0.4, -0.2) is 0 Å². The van der Waals surface area contributed by atoms with Gasteiger partial charge in [-0.2, -0.15) is 0 Å². The Hall–Kier alpha value is -2.48. The van der Waals surface area contributed by atoms with Gasteiger partial charge in [-0.05, 0) is 48.7 Å². The first-order valence-corrected chi connectivity index (χ1v) is 8.15. The van der Waals surface area contributed by atoms with E-state index in [1.165, 1.54) is 33.6 Å². The summed E-state index contributed by atoms with van der Waals surface area (Å²) in [5.41, 5.74) is 7.85. The van der Waals surface area contributed by atoms with E-state index < -0.39 is 0 Å². The molecular formula is C21H24N2+2. The first-order valence-electron chi connectivity index (χ1n) is 8.15. The highest BCUT2D eigenvalue weighted by atomic mass is 14.9. The predicted octanol–water partition coefficient (Wildman–Crippen LogP) is 3.54. The minimum atomic E-state index is 1.02. The number of rotatable bonds is 3. The van der Waals surface area contributed by atoms with Crippen molar-refractivity contribution in [3.05, 3.63) is 72.1 Å². The van der Waals surface area contributed by atoms with E-state index in [2.05, 4.69) is 98.0 Å². The predicted molar refractivity (Wildman–Crippen MR) is 93.8 cm³/mol. The molecule has 2 heterocycles. The van der Waals surface area contributed by atoms with E-state index in [4.69, 9.17) is 0 Å². The van der Waals surface area contributed by atoms with E-state index in [1.54, 1.807) is 0 Å². The second-order valence-electron chi connectivity index (χ2n) is 6.07. The van der Waals surface area contributed by atoms with Crippen LogP contribution >= 0.6 is 0 Å². The van der Waals surface area contributed by atoms with Crippen LogP contribution in [0.25, 0.3) is 22.5 Å². The molecule has 116 valence electrons. The van der Waals surface area contributed by atoms with Crippen LogP contribution in [0.2, 0.25) is 0 Å². The number of nitrogens with zero attached hydrogens (tertiary/aromatic N) is 2. The summed E-state index contributed by atoms with van der Waals surface area (Å²) in [4.78, 5) is 0. The molecule has 0 atom stereocenters. The van der Waals surface area contributed by atoms with Gasteiger partial charge in [0.15, 0.2) is 12.4 Å². The van der Waals surface area contributed by atoms with Gasteiger partial charge in [0.25, 0.3) is 0 Å². The molecule has 3 aromatic rings. The molecule has 23 heavy (non-hydrogen) atoms. The topological polar surface area (TPSA) is 7.76 Å². The van der Waals surface area contributed by atoms with Gasteiger partial charge in [-0.15, -0.1) is 0 Å². The summed E-state index contributed by atoms with van der Waals surface area (Å²) in [6.45, 7) is 4.43. The number of hydrogen-bond donors (Lipinski definition) is 0. The Morgan fingerprint density at radius 3 is 1.87 bits per heavy atom. The molecule has 0 fully saturated rings. The molecule has 0 unspecified atom stereocenters. The fourth-order valence-electron chi connectivity index (χ4n) is 3.17. The van der Waals surface area contributed by atoms with Crippen molar-refractivity contribution in [3.8, 4) is 22.5 Å². The smallest absolute Gasteiger partial charge is 0.201 e. The molecule has 0 amide bonds. The van der Waals surface area contributed by atoms with Gasteiger partial charge in [-0.1, -0.05) is 6.92 Å². The molecule has 2 heteroatoms. The second kappa shape index (κ2) is 6.33. The lowest BCUT2D eigenvalue weighted by Crippen LogP contribution is -2.31. The van der Waals surface area contributed by atoms with E-state index in [1.807, 2.05) is 0 Å². The average Bonchev–Trinajstić information content (AvgIpc) is 2.56. The van der Waals surface area contributed by atoms with Crippen LogP contribution in [0, 0.1) is 6.92 Å². The summed E-state index contributed by atoms with van der Waals surface area (Å²) in [7, 11) is 4.21. The lowest BCUT2D eigenvalue weighted by atomic mass is 9.93. The third-order valence-corrected chi connectivity index (χ3v) is 4.49. The van der Waals surface area contributed by atoms with Crippen molar-refractivity contribution in [2.75, 3.05) is 0 Å². The normalized spacial score (nSPS) is 10.8. The number of aryl methyl sites for hydroxylation is 4. The van der Waals surface area contributed by atoms with Crippen LogP contribution in [0.1, 0.15) is 18.1 Å². The van der Waals surface area contributed by atoms with Crippen molar-refractivity contribution >= 4 is 0 Å². The molecule has 0 spiro atoms. The maximum atomic E-state index is 2.35. The molecular weight excluding hydrogens is 280 g/mol. The van der Waals surface area contributed by atoms with Crippen molar-refractivity contribution in [1.29, 1.82) is 0 Å². The lowest BCUT2D eigenvalue weighted by molar-refractivity contribution is -0.660. The Morgan fingerprint density at radius 1 is 0.783 bits per heavy atom. The van der Waals surface area contributed by atoms with Crippen LogP contribution in [0.3, 0.4) is 0 Å². The summed E-state index contributed by atoms with van der Waals surface area (Å²) in [6, 6.07) is 17.4. The quantitative estimate of drug-likeness (QED) is 0.654. The SMILES string of the molecule is CCc1cc(-c2cccc[n+]2C)c(C)cc1-c1cccc[n+]1C. The van der Waals surface area contributed by atoms with Gasteiger partial charge in [0, 0.05) is 35.4 Å². The zero-order chi connectivity index (χ0) is 16.4. The standard InChI is InChI=1S/C21H24N2/c1-5-17-15-18(20-10-6-8-12-22(20)3)16(2)14-19(17)21-11-7-9-13-23(21)4/h6-15H,5H2,1-4H3/q+2. The van der Waals surface area contributed by atoms with Gasteiger partial charge < -0.3 is 0 Å². The molecule has 0 N–H and O–H groups in total. The lowest BCUT2D eigenvalue weighted by Gasteiger charge is -2.11. The average molecular weight is 304 g/mol. The van der Waals surface area contributed by atoms with Crippen molar-refractivity contribution in [2.24, 2.45) is 14.1 Å². The van der Waals surface area contributed by atoms with Gasteiger partial charge in [0.05, 0.1) is 0 Å². The molecule has 0 bridgehead atoms. The highest BCUT2D eigenvalue weighted by Crippen LogP contribution is 2.29. The van der Waals surface area contributed by atoms with Gasteiger partial charge in [0.2, 0.25) is 11.4 Å². The highest BCUT2D eigenvalue weighted by molar-refractivity contribution is 5.71. The molecule has 0 saturated carbocycles. The monoisotopic (exact) mass is 304 g/mol. The zero-order valence-electron chi connectivity index (χ0n) is 14.4. The van der Waals surface area contributed by atoms with E-state index >= 15 is 0 Å². The van der Waals surface area contributed by atoms with Gasteiger partial charge >= 0.3 is 0 Å². The molecule has 0 aliphatic rings. The Bertz CT molecular complexity index is 850. The third-order valence-electron chi connectivity index (χ3n) is 4.49. The van der Waals surface area contributed by atoms with Gasteiger partial charge in [0.1, 0.15) is 14.1 Å². The van der Waals surface area contributed by atoms with Crippen LogP contribution in [0.15, 0.2) is 60.9 Å². The number of hydrogen-bond acceptors (Lipinski definition) is 0. The first kappa shape index (κ1) is 15.4. The summed E-state index contributed by atoms with van der Waals surface area (Å²) in [5, 5.41) is 0. The Kier molecular flexibility index (Phi) is 4.24. The van der Waals surface area contributed by atoms with E-state index in [9.17, 15) is 0 Å². The van der Waals surface area contributed by atoms with Gasteiger partial charge in [-0.25, -0.2) is 9.13 Å². The van der Waals surface area contributed by atoms with Crippen molar-refractivity contribution in [3.63, 3.8) is 0 Å². The molecule has 0 saturated heterocycles. The number of benzene rings is 1. The number of aromatic nitrogens is 2. The van der Waals surface area contributed by atoms with Crippen LogP contribution in [0.4, 0.5) is 0 Å². The van der Waals surface area contributed by atoms with E-state index in [-0.39, 0.29) is 0 Å². The minimum absolute atomic E-state index is 1.02. The van der Waals surface area contributed by atoms with Crippen molar-refractivity contribution in [1.82, 2.24) is 0 Å². The van der Waals surface area contributed by atoms with Crippen molar-refractivity contribution in [2.45, 2.75) is 20.3 Å². The van der Waals surface area contributed by atoms with Gasteiger partial charge in [-0.3, -0.25) is 0 Å². The summed E-state index contributed by atoms with van der Waals surface area (Å²) in [6.07, 6.45) is 5.23. The fraction of sp³-hybridized carbons (Fsp3) is 0.238. The van der Waals surface area contributed by atoms with Crippen LogP contribution in [-0.2, 0) is 20.5 Å². The maximum absolute atomic E-state index is 2.35. The van der Waals surface area contributed by atoms with Crippen LogP contribution < -0.4 is 9.13 Å². The summed E-state index contributed by atoms with van der Waals surface area (Å²) in [5.74, 6) is 0. The fourth-order valence-corrected chi connectivity index (χ4v) is 3.17. The Labute approximate surface area is 138 Å². The molecule has 2 aromatic heterocycles. The molecule has 0 aliphatic heterocycles. The van der Waals surface area contributed by atoms with E-state index in [0.717, 1.165) is 6.42 Å². The third kappa shape index (κ3) is 2.89. The molecule has 2 nitrogen and oxygen atoms in total. The van der Waals surface area contributed by atoms with E-state index in [0.29, 0.717) is 0 Å². The Morgan fingerprint density at radius 2 is 1.35 bits per heavy atom.